The predicted molar refractivity (Wildman–Crippen MR) is 156 cm³/mol. The first-order valence-corrected chi connectivity index (χ1v) is 14.6. The van der Waals surface area contributed by atoms with Gasteiger partial charge in [-0.3, -0.25) is 9.10 Å². The Bertz CT molecular complexity index is 1610. The van der Waals surface area contributed by atoms with Crippen LogP contribution in [0.3, 0.4) is 0 Å². The van der Waals surface area contributed by atoms with E-state index in [9.17, 15) is 41.1 Å². The van der Waals surface area contributed by atoms with Gasteiger partial charge in [0.1, 0.15) is 19.2 Å². The number of carboxylic acid groups (broad SMARTS) is 1. The molecule has 0 aromatic heterocycles. The number of benzene rings is 3. The highest BCUT2D eigenvalue weighted by Gasteiger charge is 2.44. The van der Waals surface area contributed by atoms with E-state index in [0.717, 1.165) is 40.8 Å². The van der Waals surface area contributed by atoms with Crippen LogP contribution in [0.4, 0.5) is 29.3 Å². The molecule has 0 saturated heterocycles. The van der Waals surface area contributed by atoms with Crippen LogP contribution >= 0.6 is 0 Å². The van der Waals surface area contributed by atoms with Gasteiger partial charge in [-0.2, -0.15) is 13.2 Å². The molecule has 0 aliphatic carbocycles. The highest BCUT2D eigenvalue weighted by Crippen LogP contribution is 2.38. The number of nitrogens with one attached hydrogen (secondary N) is 1. The zero-order valence-electron chi connectivity index (χ0n) is 24.3. The lowest BCUT2D eigenvalue weighted by molar-refractivity contribution is -0.140. The summed E-state index contributed by atoms with van der Waals surface area (Å²) in [6, 6.07) is 15.2. The predicted octanol–water partition coefficient (Wildman–Crippen LogP) is 5.61. The maximum Gasteiger partial charge on any atom is 0.416 e. The normalized spacial score (nSPS) is 12.6. The number of halogens is 3. The number of rotatable bonds is 10. The molecule has 0 heterocycles. The summed E-state index contributed by atoms with van der Waals surface area (Å²) in [7, 11) is -3.49. The van der Waals surface area contributed by atoms with Gasteiger partial charge in [0.15, 0.2) is 0 Å². The summed E-state index contributed by atoms with van der Waals surface area (Å²) >= 11 is 0. The highest BCUT2D eigenvalue weighted by atomic mass is 32.2. The van der Waals surface area contributed by atoms with E-state index in [-0.39, 0.29) is 12.3 Å². The van der Waals surface area contributed by atoms with E-state index in [0.29, 0.717) is 10.4 Å². The molecule has 2 N–H and O–H groups in total. The Balaban J connectivity index is 1.88. The summed E-state index contributed by atoms with van der Waals surface area (Å²) in [5.74, 6) is -2.28. The van der Waals surface area contributed by atoms with Crippen molar-refractivity contribution in [2.24, 2.45) is 5.41 Å². The van der Waals surface area contributed by atoms with Gasteiger partial charge in [-0.25, -0.2) is 18.0 Å². The van der Waals surface area contributed by atoms with E-state index in [1.165, 1.54) is 40.0 Å². The molecule has 14 heteroatoms. The van der Waals surface area contributed by atoms with Crippen LogP contribution in [0.15, 0.2) is 83.8 Å². The number of carbonyl (C=O) groups is 3. The van der Waals surface area contributed by atoms with Gasteiger partial charge in [-0.1, -0.05) is 63.2 Å². The molecular formula is C30H32F3N3O7S. The Morgan fingerprint density at radius 2 is 1.57 bits per heavy atom. The molecule has 0 radical (unpaired) electrons. The zero-order valence-corrected chi connectivity index (χ0v) is 25.1. The van der Waals surface area contributed by atoms with Crippen LogP contribution in [0.25, 0.3) is 0 Å². The van der Waals surface area contributed by atoms with Crippen molar-refractivity contribution >= 4 is 39.4 Å². The summed E-state index contributed by atoms with van der Waals surface area (Å²) < 4.78 is 74.2. The Morgan fingerprint density at radius 1 is 0.932 bits per heavy atom. The van der Waals surface area contributed by atoms with Gasteiger partial charge in [-0.05, 0) is 47.4 Å². The molecule has 0 aliphatic rings. The Kier molecular flexibility index (Phi) is 10.3. The van der Waals surface area contributed by atoms with Crippen molar-refractivity contribution in [1.82, 2.24) is 4.90 Å². The zero-order chi connectivity index (χ0) is 32.9. The SMILES string of the molecule is CN(CC(=O)Nc1cccc(S(=O)(=O)N(c2cccc(C(F)(F)F)c2)C(C(=O)O)C(C)(C)C)c1)C(=O)OCc1ccccc1. The lowest BCUT2D eigenvalue weighted by Crippen LogP contribution is -2.52. The van der Waals surface area contributed by atoms with Crippen LogP contribution < -0.4 is 9.62 Å². The molecule has 0 saturated carbocycles. The number of carboxylic acids is 1. The van der Waals surface area contributed by atoms with Crippen LogP contribution in [0.2, 0.25) is 0 Å². The number of likely N-dealkylation sites (N-methyl/N-ethyl adjacent to an activating group) is 1. The Labute approximate surface area is 253 Å². The van der Waals surface area contributed by atoms with Crippen LogP contribution in [0.1, 0.15) is 31.9 Å². The van der Waals surface area contributed by atoms with E-state index in [4.69, 9.17) is 4.74 Å². The topological polar surface area (TPSA) is 133 Å². The summed E-state index contributed by atoms with van der Waals surface area (Å²) in [5, 5.41) is 12.5. The quantitative estimate of drug-likeness (QED) is 0.296. The summed E-state index contributed by atoms with van der Waals surface area (Å²) in [5.41, 5.74) is -2.22. The van der Waals surface area contributed by atoms with Gasteiger partial charge in [-0.15, -0.1) is 0 Å². The van der Waals surface area contributed by atoms with Crippen LogP contribution in [0, 0.1) is 5.41 Å². The molecule has 3 rings (SSSR count). The summed E-state index contributed by atoms with van der Waals surface area (Å²) in [4.78, 5) is 37.9. The number of anilines is 2. The van der Waals surface area contributed by atoms with Crippen molar-refractivity contribution in [3.8, 4) is 0 Å². The molecule has 0 bridgehead atoms. The smallest absolute Gasteiger partial charge is 0.416 e. The number of carbonyl (C=O) groups excluding carboxylic acids is 2. The first kappa shape index (κ1) is 33.9. The van der Waals surface area contributed by atoms with Gasteiger partial charge >= 0.3 is 18.2 Å². The molecule has 1 unspecified atom stereocenters. The van der Waals surface area contributed by atoms with Crippen molar-refractivity contribution in [3.63, 3.8) is 0 Å². The van der Waals surface area contributed by atoms with E-state index in [1.54, 1.807) is 30.3 Å². The summed E-state index contributed by atoms with van der Waals surface area (Å²) in [6.45, 7) is 3.87. The number of hydrogen-bond acceptors (Lipinski definition) is 6. The molecular weight excluding hydrogens is 603 g/mol. The number of alkyl halides is 3. The van der Waals surface area contributed by atoms with Crippen LogP contribution in [-0.2, 0) is 37.1 Å². The van der Waals surface area contributed by atoms with Gasteiger partial charge in [0, 0.05) is 12.7 Å². The second-order valence-corrected chi connectivity index (χ2v) is 12.7. The Morgan fingerprint density at radius 3 is 2.16 bits per heavy atom. The van der Waals surface area contributed by atoms with Crippen molar-refractivity contribution in [1.29, 1.82) is 0 Å². The minimum atomic E-state index is -4.82. The minimum Gasteiger partial charge on any atom is -0.480 e. The molecule has 0 spiro atoms. The second-order valence-electron chi connectivity index (χ2n) is 10.9. The molecule has 10 nitrogen and oxygen atoms in total. The number of aliphatic carboxylic acids is 1. The maximum atomic E-state index is 14.0. The average molecular weight is 636 g/mol. The van der Waals surface area contributed by atoms with Crippen molar-refractivity contribution < 1.29 is 45.8 Å². The fraction of sp³-hybridized carbons (Fsp3) is 0.300. The number of hydrogen-bond donors (Lipinski definition) is 2. The van der Waals surface area contributed by atoms with Crippen LogP contribution in [0.5, 0.6) is 0 Å². The van der Waals surface area contributed by atoms with E-state index >= 15 is 0 Å². The first-order chi connectivity index (χ1) is 20.4. The van der Waals surface area contributed by atoms with Crippen LogP contribution in [-0.4, -0.2) is 56.0 Å². The van der Waals surface area contributed by atoms with Crippen molar-refractivity contribution in [2.75, 3.05) is 23.2 Å². The molecule has 2 amide bonds. The maximum absolute atomic E-state index is 14.0. The Hall–Kier alpha value is -4.59. The second kappa shape index (κ2) is 13.4. The largest absolute Gasteiger partial charge is 0.480 e. The number of nitrogens with zero attached hydrogens (tertiary/aromatic N) is 2. The third-order valence-corrected chi connectivity index (χ3v) is 8.08. The monoisotopic (exact) mass is 635 g/mol. The third-order valence-electron chi connectivity index (χ3n) is 6.29. The van der Waals surface area contributed by atoms with Gasteiger partial charge < -0.3 is 20.1 Å². The molecule has 0 fully saturated rings. The number of ether oxygens (including phenoxy) is 1. The fourth-order valence-electron chi connectivity index (χ4n) is 4.23. The molecule has 3 aromatic carbocycles. The summed E-state index contributed by atoms with van der Waals surface area (Å²) in [6.07, 6.45) is -5.60. The average Bonchev–Trinajstić information content (AvgIpc) is 2.93. The molecule has 236 valence electrons. The number of amides is 2. The van der Waals surface area contributed by atoms with Crippen molar-refractivity contribution in [3.05, 3.63) is 90.0 Å². The lowest BCUT2D eigenvalue weighted by atomic mass is 9.86. The number of sulfonamides is 1. The van der Waals surface area contributed by atoms with E-state index < -0.39 is 68.3 Å². The van der Waals surface area contributed by atoms with Crippen molar-refractivity contribution in [2.45, 2.75) is 44.5 Å². The highest BCUT2D eigenvalue weighted by molar-refractivity contribution is 7.93. The molecule has 3 aromatic rings. The molecule has 44 heavy (non-hydrogen) atoms. The van der Waals surface area contributed by atoms with Gasteiger partial charge in [0.05, 0.1) is 16.1 Å². The minimum absolute atomic E-state index is 0.0141. The molecule has 0 aliphatic heterocycles. The fourth-order valence-corrected chi connectivity index (χ4v) is 6.05. The third kappa shape index (κ3) is 8.49. The lowest BCUT2D eigenvalue weighted by Gasteiger charge is -2.38. The molecule has 1 atom stereocenters. The first-order valence-electron chi connectivity index (χ1n) is 13.2. The van der Waals surface area contributed by atoms with Gasteiger partial charge in [0.25, 0.3) is 10.0 Å². The standard InChI is InChI=1S/C30H32F3N3O7S/c1-29(2,3)26(27(38)39)36(23-14-8-12-21(16-23)30(31,32)33)44(41,42)24-15-9-13-22(17-24)34-25(37)18-35(4)28(40)43-19-20-10-6-5-7-11-20/h5-17,26H,18-19H2,1-4H3,(H,34,37)(H,38,39). The van der Waals surface area contributed by atoms with Gasteiger partial charge in [0.2, 0.25) is 5.91 Å². The van der Waals surface area contributed by atoms with E-state index in [1.807, 2.05) is 0 Å². The van der Waals surface area contributed by atoms with E-state index in [2.05, 4.69) is 5.32 Å².